The van der Waals surface area contributed by atoms with E-state index in [1.54, 1.807) is 30.5 Å². The molecule has 3 rings (SSSR count). The van der Waals surface area contributed by atoms with Gasteiger partial charge in [0.25, 0.3) is 0 Å². The molecule has 2 aromatic carbocycles. The Kier molecular flexibility index (Phi) is 5.18. The van der Waals surface area contributed by atoms with Crippen LogP contribution in [0, 0.1) is 0 Å². The van der Waals surface area contributed by atoms with Crippen molar-refractivity contribution in [3.05, 3.63) is 76.4 Å². The zero-order valence-corrected chi connectivity index (χ0v) is 14.6. The van der Waals surface area contributed by atoms with Crippen molar-refractivity contribution in [2.45, 2.75) is 6.54 Å². The molecule has 0 fully saturated rings. The molecule has 1 heterocycles. The minimum atomic E-state index is 0.581. The van der Waals surface area contributed by atoms with Crippen molar-refractivity contribution in [2.75, 3.05) is 17.3 Å². The highest BCUT2D eigenvalue weighted by Gasteiger charge is 2.08. The standard InChI is InChI=1S/C18H16Cl2N4/c1-24(12-13-5-3-2-4-6-13)18-21-10-9-17(23-18)22-16-11-14(19)7-8-15(16)20/h2-11H,12H2,1H3,(H,21,22,23). The Balaban J connectivity index is 1.77. The van der Waals surface area contributed by atoms with Gasteiger partial charge in [0.15, 0.2) is 0 Å². The van der Waals surface area contributed by atoms with E-state index in [1.165, 1.54) is 5.56 Å². The Morgan fingerprint density at radius 3 is 2.62 bits per heavy atom. The number of anilines is 3. The smallest absolute Gasteiger partial charge is 0.227 e. The lowest BCUT2D eigenvalue weighted by atomic mass is 10.2. The molecule has 0 saturated carbocycles. The summed E-state index contributed by atoms with van der Waals surface area (Å²) in [4.78, 5) is 10.9. The van der Waals surface area contributed by atoms with Gasteiger partial charge >= 0.3 is 0 Å². The maximum absolute atomic E-state index is 6.18. The lowest BCUT2D eigenvalue weighted by Gasteiger charge is -2.18. The highest BCUT2D eigenvalue weighted by atomic mass is 35.5. The van der Waals surface area contributed by atoms with Crippen LogP contribution in [0.25, 0.3) is 0 Å². The Hall–Kier alpha value is -2.30. The molecule has 0 aliphatic rings. The molecule has 0 bridgehead atoms. The molecule has 0 amide bonds. The van der Waals surface area contributed by atoms with Gasteiger partial charge in [-0.25, -0.2) is 4.98 Å². The number of aromatic nitrogens is 2. The molecular weight excluding hydrogens is 343 g/mol. The van der Waals surface area contributed by atoms with Gasteiger partial charge in [-0.3, -0.25) is 0 Å². The maximum atomic E-state index is 6.18. The summed E-state index contributed by atoms with van der Waals surface area (Å²) in [6.07, 6.45) is 1.71. The van der Waals surface area contributed by atoms with E-state index in [1.807, 2.05) is 30.1 Å². The third-order valence-corrected chi connectivity index (χ3v) is 4.00. The topological polar surface area (TPSA) is 41.1 Å². The van der Waals surface area contributed by atoms with Crippen LogP contribution in [-0.2, 0) is 6.54 Å². The van der Waals surface area contributed by atoms with Crippen LogP contribution in [0.15, 0.2) is 60.8 Å². The molecule has 1 N–H and O–H groups in total. The number of rotatable bonds is 5. The first-order valence-electron chi connectivity index (χ1n) is 7.42. The predicted octanol–water partition coefficient (Wildman–Crippen LogP) is 5.16. The lowest BCUT2D eigenvalue weighted by Crippen LogP contribution is -2.19. The van der Waals surface area contributed by atoms with E-state index in [-0.39, 0.29) is 0 Å². The average molecular weight is 359 g/mol. The molecule has 0 atom stereocenters. The zero-order chi connectivity index (χ0) is 16.9. The number of benzene rings is 2. The quantitative estimate of drug-likeness (QED) is 0.683. The van der Waals surface area contributed by atoms with Crippen LogP contribution in [0.4, 0.5) is 17.5 Å². The molecule has 122 valence electrons. The second kappa shape index (κ2) is 7.51. The SMILES string of the molecule is CN(Cc1ccccc1)c1nccc(Nc2cc(Cl)ccc2Cl)n1. The van der Waals surface area contributed by atoms with Crippen molar-refractivity contribution in [2.24, 2.45) is 0 Å². The van der Waals surface area contributed by atoms with Crippen molar-refractivity contribution in [1.29, 1.82) is 0 Å². The number of nitrogens with zero attached hydrogens (tertiary/aromatic N) is 3. The zero-order valence-electron chi connectivity index (χ0n) is 13.1. The van der Waals surface area contributed by atoms with Crippen molar-refractivity contribution in [3.8, 4) is 0 Å². The molecule has 0 spiro atoms. The van der Waals surface area contributed by atoms with Gasteiger partial charge in [0, 0.05) is 24.8 Å². The van der Waals surface area contributed by atoms with Gasteiger partial charge in [-0.15, -0.1) is 0 Å². The first-order chi connectivity index (χ1) is 11.6. The molecule has 1 aromatic heterocycles. The average Bonchev–Trinajstić information content (AvgIpc) is 2.59. The number of hydrogen-bond acceptors (Lipinski definition) is 4. The maximum Gasteiger partial charge on any atom is 0.227 e. The first kappa shape index (κ1) is 16.6. The van der Waals surface area contributed by atoms with Gasteiger partial charge in [0.05, 0.1) is 10.7 Å². The fourth-order valence-corrected chi connectivity index (χ4v) is 2.60. The van der Waals surface area contributed by atoms with Crippen molar-refractivity contribution >= 4 is 40.7 Å². The van der Waals surface area contributed by atoms with Crippen LogP contribution in [0.1, 0.15) is 5.56 Å². The van der Waals surface area contributed by atoms with Gasteiger partial charge < -0.3 is 10.2 Å². The number of hydrogen-bond donors (Lipinski definition) is 1. The highest BCUT2D eigenvalue weighted by Crippen LogP contribution is 2.28. The van der Waals surface area contributed by atoms with Crippen molar-refractivity contribution in [1.82, 2.24) is 9.97 Å². The van der Waals surface area contributed by atoms with Crippen LogP contribution in [0.5, 0.6) is 0 Å². The molecule has 0 unspecified atom stereocenters. The van der Waals surface area contributed by atoms with Gasteiger partial charge in [0.1, 0.15) is 5.82 Å². The van der Waals surface area contributed by atoms with E-state index in [0.29, 0.717) is 27.5 Å². The number of nitrogens with one attached hydrogen (secondary N) is 1. The lowest BCUT2D eigenvalue weighted by molar-refractivity contribution is 0.868. The normalized spacial score (nSPS) is 10.5. The fourth-order valence-electron chi connectivity index (χ4n) is 2.26. The summed E-state index contributed by atoms with van der Waals surface area (Å²) < 4.78 is 0. The van der Waals surface area contributed by atoms with Gasteiger partial charge in [-0.05, 0) is 29.8 Å². The van der Waals surface area contributed by atoms with Gasteiger partial charge in [0.2, 0.25) is 5.95 Å². The summed E-state index contributed by atoms with van der Waals surface area (Å²) in [5, 5.41) is 4.37. The second-order valence-electron chi connectivity index (χ2n) is 5.33. The molecule has 24 heavy (non-hydrogen) atoms. The molecule has 0 aliphatic carbocycles. The Morgan fingerprint density at radius 1 is 1.04 bits per heavy atom. The monoisotopic (exact) mass is 358 g/mol. The van der Waals surface area contributed by atoms with Crippen LogP contribution >= 0.6 is 23.2 Å². The Bertz CT molecular complexity index is 824. The molecule has 0 saturated heterocycles. The fraction of sp³-hybridized carbons (Fsp3) is 0.111. The van der Waals surface area contributed by atoms with Crippen LogP contribution in [0.3, 0.4) is 0 Å². The summed E-state index contributed by atoms with van der Waals surface area (Å²) in [5.41, 5.74) is 1.90. The molecular formula is C18H16Cl2N4. The van der Waals surface area contributed by atoms with Crippen molar-refractivity contribution < 1.29 is 0 Å². The highest BCUT2D eigenvalue weighted by molar-refractivity contribution is 6.35. The van der Waals surface area contributed by atoms with E-state index < -0.39 is 0 Å². The summed E-state index contributed by atoms with van der Waals surface area (Å²) in [5.74, 6) is 1.28. The summed E-state index contributed by atoms with van der Waals surface area (Å²) >= 11 is 12.2. The molecule has 6 heteroatoms. The second-order valence-corrected chi connectivity index (χ2v) is 6.18. The predicted molar refractivity (Wildman–Crippen MR) is 100 cm³/mol. The largest absolute Gasteiger partial charge is 0.339 e. The van der Waals surface area contributed by atoms with E-state index in [4.69, 9.17) is 23.2 Å². The van der Waals surface area contributed by atoms with Crippen LogP contribution in [-0.4, -0.2) is 17.0 Å². The Morgan fingerprint density at radius 2 is 1.83 bits per heavy atom. The summed E-state index contributed by atoms with van der Waals surface area (Å²) in [6, 6.07) is 17.2. The third-order valence-electron chi connectivity index (χ3n) is 3.44. The van der Waals surface area contributed by atoms with E-state index in [9.17, 15) is 0 Å². The van der Waals surface area contributed by atoms with Crippen LogP contribution in [0.2, 0.25) is 10.0 Å². The first-order valence-corrected chi connectivity index (χ1v) is 8.17. The Labute approximate surface area is 151 Å². The number of halogens is 2. The van der Waals surface area contributed by atoms with Crippen molar-refractivity contribution in [3.63, 3.8) is 0 Å². The molecule has 0 aliphatic heterocycles. The van der Waals surface area contributed by atoms with E-state index >= 15 is 0 Å². The molecule has 3 aromatic rings. The minimum Gasteiger partial charge on any atom is -0.339 e. The molecule has 4 nitrogen and oxygen atoms in total. The van der Waals surface area contributed by atoms with Gasteiger partial charge in [-0.1, -0.05) is 53.5 Å². The third kappa shape index (κ3) is 4.16. The van der Waals surface area contributed by atoms with Gasteiger partial charge in [-0.2, -0.15) is 4.98 Å². The summed E-state index contributed by atoms with van der Waals surface area (Å²) in [6.45, 7) is 0.724. The van der Waals surface area contributed by atoms with E-state index in [0.717, 1.165) is 6.54 Å². The van der Waals surface area contributed by atoms with Crippen LogP contribution < -0.4 is 10.2 Å². The molecule has 0 radical (unpaired) electrons. The minimum absolute atomic E-state index is 0.581. The van der Waals surface area contributed by atoms with E-state index in [2.05, 4.69) is 27.4 Å². The summed E-state index contributed by atoms with van der Waals surface area (Å²) in [7, 11) is 1.96.